The number of carbonyl (C=O) groups is 1. The van der Waals surface area contributed by atoms with E-state index in [0.29, 0.717) is 0 Å². The van der Waals surface area contributed by atoms with Crippen LogP contribution in [0, 0.1) is 0 Å². The first kappa shape index (κ1) is 17.4. The van der Waals surface area contributed by atoms with Crippen molar-refractivity contribution in [1.29, 1.82) is 0 Å². The number of nitrogens with one attached hydrogen (secondary N) is 1. The van der Waals surface area contributed by atoms with E-state index in [9.17, 15) is 20.1 Å². The monoisotopic (exact) mass is 354 g/mol. The van der Waals surface area contributed by atoms with Gasteiger partial charge in [0.05, 0.1) is 12.9 Å². The summed E-state index contributed by atoms with van der Waals surface area (Å²) in [6.45, 7) is 0.635. The molecule has 5 atom stereocenters. The summed E-state index contributed by atoms with van der Waals surface area (Å²) in [4.78, 5) is 23.3. The van der Waals surface area contributed by atoms with Gasteiger partial charge in [0.15, 0.2) is 17.7 Å². The number of fused-ring (bicyclic) bond motifs is 1. The van der Waals surface area contributed by atoms with Crippen LogP contribution in [0.3, 0.4) is 0 Å². The summed E-state index contributed by atoms with van der Waals surface area (Å²) in [5.41, 5.74) is 6.17. The molecule has 0 bridgehead atoms. The Morgan fingerprint density at radius 1 is 1.44 bits per heavy atom. The minimum absolute atomic E-state index is 0.00692. The number of rotatable bonds is 4. The van der Waals surface area contributed by atoms with Gasteiger partial charge in [-0.25, -0.2) is 4.98 Å². The molecule has 12 heteroatoms. The Bertz CT molecular complexity index is 797. The van der Waals surface area contributed by atoms with E-state index >= 15 is 0 Å². The van der Waals surface area contributed by atoms with Crippen LogP contribution in [0.15, 0.2) is 6.33 Å². The van der Waals surface area contributed by atoms with Crippen molar-refractivity contribution in [3.05, 3.63) is 6.33 Å². The maximum Gasteiger partial charge on any atom is 0.233 e. The Hall–Kier alpha value is -2.38. The van der Waals surface area contributed by atoms with Crippen molar-refractivity contribution in [2.75, 3.05) is 17.7 Å². The molecule has 136 valence electrons. The maximum absolute atomic E-state index is 11.2. The molecule has 1 fully saturated rings. The molecular formula is C13H18N6O6. The lowest BCUT2D eigenvalue weighted by Gasteiger charge is -2.18. The van der Waals surface area contributed by atoms with Gasteiger partial charge in [0, 0.05) is 6.92 Å². The van der Waals surface area contributed by atoms with Crippen LogP contribution in [-0.4, -0.2) is 76.9 Å². The average Bonchev–Trinajstić information content (AvgIpc) is 3.09. The Balaban J connectivity index is 2.01. The second-order valence-corrected chi connectivity index (χ2v) is 5.66. The Kier molecular flexibility index (Phi) is 4.53. The summed E-state index contributed by atoms with van der Waals surface area (Å²) in [6.07, 6.45) is -5.27. The van der Waals surface area contributed by atoms with Gasteiger partial charge in [-0.15, -0.1) is 0 Å². The number of hydrogen-bond donors (Lipinski definition) is 6. The highest BCUT2D eigenvalue weighted by Gasteiger charge is 2.47. The Morgan fingerprint density at radius 2 is 2.16 bits per heavy atom. The lowest BCUT2D eigenvalue weighted by atomic mass is 10.1. The molecular weight excluding hydrogens is 336 g/mol. The highest BCUT2D eigenvalue weighted by Crippen LogP contribution is 2.33. The van der Waals surface area contributed by atoms with Crippen molar-refractivity contribution in [2.24, 2.45) is 0 Å². The first-order valence-electron chi connectivity index (χ1n) is 7.41. The van der Waals surface area contributed by atoms with E-state index in [1.807, 2.05) is 0 Å². The third-order valence-corrected chi connectivity index (χ3v) is 3.85. The minimum atomic E-state index is -1.43. The van der Waals surface area contributed by atoms with Gasteiger partial charge < -0.3 is 30.9 Å². The van der Waals surface area contributed by atoms with E-state index in [1.165, 1.54) is 17.8 Å². The minimum Gasteiger partial charge on any atom is -0.394 e. The quantitative estimate of drug-likeness (QED) is 0.338. The number of carbonyl (C=O) groups excluding carboxylic acids is 1. The first-order valence-corrected chi connectivity index (χ1v) is 7.41. The van der Waals surface area contributed by atoms with Gasteiger partial charge in [0.25, 0.3) is 0 Å². The van der Waals surface area contributed by atoms with Gasteiger partial charge in [-0.05, 0) is 0 Å². The Labute approximate surface area is 140 Å². The fraction of sp³-hybridized carbons (Fsp3) is 0.538. The van der Waals surface area contributed by atoms with Crippen LogP contribution in [0.2, 0.25) is 0 Å². The zero-order chi connectivity index (χ0) is 18.3. The van der Waals surface area contributed by atoms with Crippen LogP contribution in [0.4, 0.5) is 11.8 Å². The van der Waals surface area contributed by atoms with Crippen molar-refractivity contribution < 1.29 is 30.0 Å². The molecule has 2 aromatic heterocycles. The van der Waals surface area contributed by atoms with Crippen molar-refractivity contribution in [1.82, 2.24) is 19.5 Å². The lowest BCUT2D eigenvalue weighted by Crippen LogP contribution is -2.40. The van der Waals surface area contributed by atoms with Crippen LogP contribution >= 0.6 is 0 Å². The van der Waals surface area contributed by atoms with Crippen molar-refractivity contribution >= 4 is 28.8 Å². The zero-order valence-corrected chi connectivity index (χ0v) is 13.1. The molecule has 0 aromatic carbocycles. The smallest absolute Gasteiger partial charge is 0.233 e. The molecule has 3 rings (SSSR count). The molecule has 12 nitrogen and oxygen atoms in total. The summed E-state index contributed by atoms with van der Waals surface area (Å²) in [6, 6.07) is 0. The van der Waals surface area contributed by atoms with E-state index in [4.69, 9.17) is 15.6 Å². The largest absolute Gasteiger partial charge is 0.394 e. The standard InChI is InChI=1S/C13H18N6O6/c1-4(21)16-13-17-10(14)6-11(18-13)19(3-15-6)12-8(24)7(23)9(25-12)5(22)2-20/h3,5,7-9,12,20,22-24H,2H2,1H3,(H3,14,16,17,18,21)/t5-,7+,8+,9+,12+/m1/s1. The van der Waals surface area contributed by atoms with E-state index in [0.717, 1.165) is 0 Å². The zero-order valence-electron chi connectivity index (χ0n) is 13.1. The molecule has 0 radical (unpaired) electrons. The normalized spacial score (nSPS) is 27.6. The molecule has 1 saturated heterocycles. The maximum atomic E-state index is 11.2. The summed E-state index contributed by atoms with van der Waals surface area (Å²) in [5, 5.41) is 41.4. The van der Waals surface area contributed by atoms with Crippen LogP contribution in [0.5, 0.6) is 0 Å². The Morgan fingerprint density at radius 3 is 2.80 bits per heavy atom. The van der Waals surface area contributed by atoms with Gasteiger partial charge in [0.1, 0.15) is 29.9 Å². The predicted molar refractivity (Wildman–Crippen MR) is 83.1 cm³/mol. The van der Waals surface area contributed by atoms with E-state index in [2.05, 4.69) is 20.3 Å². The SMILES string of the molecule is CC(=O)Nc1nc(N)c2ncn([C@H]3O[C@@H]([C@H](O)CO)[C@@H](O)[C@@H]3O)c2n1. The number of aromatic nitrogens is 4. The molecule has 1 aliphatic rings. The number of aliphatic hydroxyl groups is 4. The number of imidazole rings is 1. The molecule has 25 heavy (non-hydrogen) atoms. The van der Waals surface area contributed by atoms with Crippen LogP contribution < -0.4 is 11.1 Å². The van der Waals surface area contributed by atoms with E-state index in [1.54, 1.807) is 0 Å². The number of hydrogen-bond acceptors (Lipinski definition) is 10. The summed E-state index contributed by atoms with van der Waals surface area (Å²) >= 11 is 0. The molecule has 1 aliphatic heterocycles. The molecule has 0 saturated carbocycles. The van der Waals surface area contributed by atoms with Crippen molar-refractivity contribution in [2.45, 2.75) is 37.6 Å². The van der Waals surface area contributed by atoms with Crippen LogP contribution in [0.25, 0.3) is 11.2 Å². The van der Waals surface area contributed by atoms with Crippen LogP contribution in [0.1, 0.15) is 13.2 Å². The first-order chi connectivity index (χ1) is 11.8. The van der Waals surface area contributed by atoms with Crippen molar-refractivity contribution in [3.63, 3.8) is 0 Å². The third-order valence-electron chi connectivity index (χ3n) is 3.85. The van der Waals surface area contributed by atoms with Crippen molar-refractivity contribution in [3.8, 4) is 0 Å². The van der Waals surface area contributed by atoms with Gasteiger partial charge >= 0.3 is 0 Å². The topological polar surface area (TPSA) is 189 Å². The fourth-order valence-corrected chi connectivity index (χ4v) is 2.68. The van der Waals surface area contributed by atoms with Gasteiger partial charge in [-0.1, -0.05) is 0 Å². The predicted octanol–water partition coefficient (Wildman–Crippen LogP) is -2.66. The van der Waals surface area contributed by atoms with E-state index in [-0.39, 0.29) is 22.9 Å². The molecule has 7 N–H and O–H groups in total. The molecule has 0 aliphatic carbocycles. The molecule has 1 amide bonds. The number of aliphatic hydroxyl groups excluding tert-OH is 4. The number of nitrogen functional groups attached to an aromatic ring is 1. The summed E-state index contributed by atoms with van der Waals surface area (Å²) in [5.74, 6) is -0.449. The molecule has 3 heterocycles. The van der Waals surface area contributed by atoms with Gasteiger partial charge in [-0.2, -0.15) is 9.97 Å². The van der Waals surface area contributed by atoms with E-state index < -0.39 is 43.2 Å². The number of nitrogens with two attached hydrogens (primary N) is 1. The van der Waals surface area contributed by atoms with Gasteiger partial charge in [0.2, 0.25) is 11.9 Å². The number of amides is 1. The third kappa shape index (κ3) is 3.01. The van der Waals surface area contributed by atoms with Crippen LogP contribution in [-0.2, 0) is 9.53 Å². The van der Waals surface area contributed by atoms with Gasteiger partial charge in [-0.3, -0.25) is 14.7 Å². The fourth-order valence-electron chi connectivity index (χ4n) is 2.68. The highest BCUT2D eigenvalue weighted by atomic mass is 16.6. The molecule has 2 aromatic rings. The second-order valence-electron chi connectivity index (χ2n) is 5.66. The second kappa shape index (κ2) is 6.50. The highest BCUT2D eigenvalue weighted by molar-refractivity contribution is 5.89. The number of anilines is 2. The number of nitrogens with zero attached hydrogens (tertiary/aromatic N) is 4. The lowest BCUT2D eigenvalue weighted by molar-refractivity contribution is -0.114. The number of ether oxygens (including phenoxy) is 1. The molecule has 0 unspecified atom stereocenters. The molecule has 0 spiro atoms. The average molecular weight is 354 g/mol. The summed E-state index contributed by atoms with van der Waals surface area (Å²) in [7, 11) is 0. The summed E-state index contributed by atoms with van der Waals surface area (Å²) < 4.78 is 6.78.